The number of halogens is 1. The summed E-state index contributed by atoms with van der Waals surface area (Å²) < 4.78 is 2.15. The lowest BCUT2D eigenvalue weighted by atomic mass is 10.2. The number of amides is 1. The minimum atomic E-state index is 0.0730. The van der Waals surface area contributed by atoms with Crippen molar-refractivity contribution in [3.8, 4) is 0 Å². The quantitative estimate of drug-likeness (QED) is 0.663. The molecule has 1 heterocycles. The van der Waals surface area contributed by atoms with Gasteiger partial charge in [0.05, 0.1) is 23.3 Å². The number of carbonyl (C=O) groups excluding carboxylic acids is 1. The van der Waals surface area contributed by atoms with Gasteiger partial charge >= 0.3 is 0 Å². The second kappa shape index (κ2) is 7.10. The molecule has 1 fully saturated rings. The molecule has 4 nitrogen and oxygen atoms in total. The van der Waals surface area contributed by atoms with E-state index < -0.39 is 0 Å². The van der Waals surface area contributed by atoms with Gasteiger partial charge in [-0.05, 0) is 36.6 Å². The third-order valence-electron chi connectivity index (χ3n) is 4.13. The van der Waals surface area contributed by atoms with Crippen LogP contribution in [0.3, 0.4) is 0 Å². The zero-order valence-electron chi connectivity index (χ0n) is 13.6. The van der Waals surface area contributed by atoms with Crippen molar-refractivity contribution in [1.82, 2.24) is 14.9 Å². The molecular formula is C19H18ClN3OS. The minimum Gasteiger partial charge on any atom is -0.353 e. The Balaban J connectivity index is 1.61. The van der Waals surface area contributed by atoms with E-state index >= 15 is 0 Å². The molecule has 1 N–H and O–H groups in total. The summed E-state index contributed by atoms with van der Waals surface area (Å²) in [6.07, 6.45) is 2.20. The smallest absolute Gasteiger partial charge is 0.230 e. The summed E-state index contributed by atoms with van der Waals surface area (Å²) >= 11 is 7.58. The minimum absolute atomic E-state index is 0.0730. The van der Waals surface area contributed by atoms with Crippen LogP contribution in [0, 0.1) is 0 Å². The van der Waals surface area contributed by atoms with E-state index in [1.165, 1.54) is 17.3 Å². The second-order valence-corrected chi connectivity index (χ2v) is 7.61. The molecule has 2 aromatic carbocycles. The Morgan fingerprint density at radius 3 is 2.80 bits per heavy atom. The van der Waals surface area contributed by atoms with Crippen molar-refractivity contribution < 1.29 is 4.79 Å². The van der Waals surface area contributed by atoms with E-state index in [0.29, 0.717) is 23.4 Å². The fraction of sp³-hybridized carbons (Fsp3) is 0.263. The lowest BCUT2D eigenvalue weighted by Gasteiger charge is -2.09. The van der Waals surface area contributed by atoms with E-state index in [9.17, 15) is 4.79 Å². The van der Waals surface area contributed by atoms with Crippen molar-refractivity contribution in [3.05, 3.63) is 59.1 Å². The number of hydrogen-bond acceptors (Lipinski definition) is 3. The second-order valence-electron chi connectivity index (χ2n) is 6.23. The number of benzene rings is 2. The predicted octanol–water partition coefficient (Wildman–Crippen LogP) is 4.11. The van der Waals surface area contributed by atoms with Gasteiger partial charge in [0.25, 0.3) is 0 Å². The predicted molar refractivity (Wildman–Crippen MR) is 102 cm³/mol. The summed E-state index contributed by atoms with van der Waals surface area (Å²) in [5.41, 5.74) is 3.08. The number of fused-ring (bicyclic) bond motifs is 1. The van der Waals surface area contributed by atoms with Crippen LogP contribution in [0.25, 0.3) is 11.0 Å². The lowest BCUT2D eigenvalue weighted by molar-refractivity contribution is -0.118. The van der Waals surface area contributed by atoms with Gasteiger partial charge in [-0.25, -0.2) is 4.98 Å². The molecule has 0 bridgehead atoms. The van der Waals surface area contributed by atoms with Crippen LogP contribution in [-0.2, 0) is 11.3 Å². The third kappa shape index (κ3) is 3.99. The van der Waals surface area contributed by atoms with E-state index in [1.807, 2.05) is 36.4 Å². The van der Waals surface area contributed by atoms with Crippen molar-refractivity contribution in [2.24, 2.45) is 0 Å². The van der Waals surface area contributed by atoms with E-state index in [0.717, 1.165) is 29.0 Å². The molecule has 4 rings (SSSR count). The molecular weight excluding hydrogens is 354 g/mol. The van der Waals surface area contributed by atoms with E-state index in [4.69, 9.17) is 16.6 Å². The maximum Gasteiger partial charge on any atom is 0.230 e. The Morgan fingerprint density at radius 1 is 1.24 bits per heavy atom. The molecule has 128 valence electrons. The van der Waals surface area contributed by atoms with Crippen LogP contribution in [0.4, 0.5) is 0 Å². The molecule has 0 unspecified atom stereocenters. The highest BCUT2D eigenvalue weighted by Crippen LogP contribution is 2.27. The molecule has 0 aliphatic heterocycles. The van der Waals surface area contributed by atoms with E-state index in [2.05, 4.69) is 22.0 Å². The van der Waals surface area contributed by atoms with Gasteiger partial charge in [-0.1, -0.05) is 53.7 Å². The van der Waals surface area contributed by atoms with Crippen LogP contribution in [0.5, 0.6) is 0 Å². The average Bonchev–Trinajstić information content (AvgIpc) is 3.36. The molecule has 25 heavy (non-hydrogen) atoms. The van der Waals surface area contributed by atoms with Crippen molar-refractivity contribution in [3.63, 3.8) is 0 Å². The van der Waals surface area contributed by atoms with Crippen molar-refractivity contribution in [1.29, 1.82) is 0 Å². The molecule has 1 aliphatic carbocycles. The first-order chi connectivity index (χ1) is 12.2. The highest BCUT2D eigenvalue weighted by atomic mass is 35.5. The van der Waals surface area contributed by atoms with Crippen LogP contribution in [-0.4, -0.2) is 27.3 Å². The summed E-state index contributed by atoms with van der Waals surface area (Å²) in [5.74, 6) is 0.450. The van der Waals surface area contributed by atoms with E-state index in [1.54, 1.807) is 0 Å². The van der Waals surface area contributed by atoms with Crippen LogP contribution in [0.1, 0.15) is 18.4 Å². The Labute approximate surface area is 155 Å². The van der Waals surface area contributed by atoms with Crippen LogP contribution < -0.4 is 5.32 Å². The highest BCUT2D eigenvalue weighted by Gasteiger charge is 2.23. The summed E-state index contributed by atoms with van der Waals surface area (Å²) in [6.45, 7) is 0.714. The molecule has 1 amide bonds. The summed E-state index contributed by atoms with van der Waals surface area (Å²) in [4.78, 5) is 16.7. The fourth-order valence-corrected chi connectivity index (χ4v) is 3.73. The molecule has 0 saturated heterocycles. The topological polar surface area (TPSA) is 46.9 Å². The lowest BCUT2D eigenvalue weighted by Crippen LogP contribution is -2.27. The molecule has 0 radical (unpaired) electrons. The van der Waals surface area contributed by atoms with Gasteiger partial charge < -0.3 is 9.88 Å². The average molecular weight is 372 g/mol. The largest absolute Gasteiger partial charge is 0.353 e. The van der Waals surface area contributed by atoms with Crippen LogP contribution in [0.2, 0.25) is 5.02 Å². The number of hydrogen-bond donors (Lipinski definition) is 1. The Bertz CT molecular complexity index is 906. The molecule has 1 saturated carbocycles. The fourth-order valence-electron chi connectivity index (χ4n) is 2.74. The van der Waals surface area contributed by atoms with Crippen molar-refractivity contribution in [2.45, 2.75) is 30.6 Å². The van der Waals surface area contributed by atoms with Crippen LogP contribution in [0.15, 0.2) is 53.7 Å². The van der Waals surface area contributed by atoms with Gasteiger partial charge in [0.2, 0.25) is 5.91 Å². The molecule has 1 aliphatic rings. The number of rotatable bonds is 6. The van der Waals surface area contributed by atoms with Gasteiger partial charge in [0.15, 0.2) is 5.16 Å². The first kappa shape index (κ1) is 16.5. The number of thioether (sulfide) groups is 1. The Morgan fingerprint density at radius 2 is 2.04 bits per heavy atom. The molecule has 1 aromatic heterocycles. The first-order valence-corrected chi connectivity index (χ1v) is 9.67. The SMILES string of the molecule is O=C(CSc1nc2cc(Cl)ccc2n1Cc1ccccc1)NC1CC1. The maximum atomic E-state index is 12.0. The third-order valence-corrected chi connectivity index (χ3v) is 5.35. The van der Waals surface area contributed by atoms with E-state index in [-0.39, 0.29) is 5.91 Å². The Hall–Kier alpha value is -1.98. The number of nitrogens with one attached hydrogen (secondary N) is 1. The van der Waals surface area contributed by atoms with Crippen LogP contribution >= 0.6 is 23.4 Å². The number of imidazole rings is 1. The van der Waals surface area contributed by atoms with Gasteiger partial charge in [-0.2, -0.15) is 0 Å². The van der Waals surface area contributed by atoms with Gasteiger partial charge in [0, 0.05) is 11.1 Å². The molecule has 3 aromatic rings. The Kier molecular flexibility index (Phi) is 4.68. The van der Waals surface area contributed by atoms with Gasteiger partial charge in [-0.15, -0.1) is 0 Å². The molecule has 0 spiro atoms. The molecule has 6 heteroatoms. The number of aromatic nitrogens is 2. The first-order valence-electron chi connectivity index (χ1n) is 8.31. The summed E-state index contributed by atoms with van der Waals surface area (Å²) in [6, 6.07) is 16.4. The van der Waals surface area contributed by atoms with Crippen molar-refractivity contribution in [2.75, 3.05) is 5.75 Å². The monoisotopic (exact) mass is 371 g/mol. The number of carbonyl (C=O) groups is 1. The summed E-state index contributed by atoms with van der Waals surface area (Å²) in [5, 5.41) is 4.52. The number of nitrogens with zero attached hydrogens (tertiary/aromatic N) is 2. The van der Waals surface area contributed by atoms with Gasteiger partial charge in [-0.3, -0.25) is 4.79 Å². The highest BCUT2D eigenvalue weighted by molar-refractivity contribution is 7.99. The molecule has 0 atom stereocenters. The maximum absolute atomic E-state index is 12.0. The standard InChI is InChI=1S/C19H18ClN3OS/c20-14-6-9-17-16(10-14)22-19(25-12-18(24)21-15-7-8-15)23(17)11-13-4-2-1-3-5-13/h1-6,9-10,15H,7-8,11-12H2,(H,21,24). The zero-order chi connectivity index (χ0) is 17.2. The normalized spacial score (nSPS) is 14.0. The van der Waals surface area contributed by atoms with Crippen molar-refractivity contribution >= 4 is 40.3 Å². The zero-order valence-corrected chi connectivity index (χ0v) is 15.2. The van der Waals surface area contributed by atoms with Gasteiger partial charge in [0.1, 0.15) is 0 Å². The summed E-state index contributed by atoms with van der Waals surface area (Å²) in [7, 11) is 0.